The Kier molecular flexibility index (Phi) is 5.12. The third-order valence-electron chi connectivity index (χ3n) is 2.65. The molecule has 1 rings (SSSR count). The molecule has 0 spiro atoms. The van der Waals surface area contributed by atoms with Gasteiger partial charge in [0.25, 0.3) is 0 Å². The molecule has 0 aliphatic rings. The van der Waals surface area contributed by atoms with Gasteiger partial charge in [-0.1, -0.05) is 5.16 Å². The Labute approximate surface area is 111 Å². The number of halogens is 5. The van der Waals surface area contributed by atoms with E-state index in [4.69, 9.17) is 10.9 Å². The molecule has 20 heavy (non-hydrogen) atoms. The molecule has 0 radical (unpaired) electrons. The molecule has 3 N–H and O–H groups in total. The summed E-state index contributed by atoms with van der Waals surface area (Å²) >= 11 is 0. The van der Waals surface area contributed by atoms with Gasteiger partial charge < -0.3 is 15.8 Å². The molecule has 9 heteroatoms. The first-order valence-electron chi connectivity index (χ1n) is 5.57. The van der Waals surface area contributed by atoms with Crippen molar-refractivity contribution in [1.82, 2.24) is 0 Å². The molecule has 112 valence electrons. The van der Waals surface area contributed by atoms with Gasteiger partial charge in [0.15, 0.2) is 23.3 Å². The van der Waals surface area contributed by atoms with Crippen molar-refractivity contribution in [3.05, 3.63) is 29.1 Å². The zero-order valence-corrected chi connectivity index (χ0v) is 10.4. The molecule has 0 heterocycles. The Hall–Kier alpha value is -2.06. The number of hydrogen-bond donors (Lipinski definition) is 2. The first-order valence-corrected chi connectivity index (χ1v) is 5.57. The average Bonchev–Trinajstić information content (AvgIpc) is 2.45. The SMILES string of the molecule is CCN(CCC(N)=NO)c1c(F)c(F)c(F)c(F)c1F. The number of nitrogens with two attached hydrogens (primary N) is 1. The molecule has 4 nitrogen and oxygen atoms in total. The smallest absolute Gasteiger partial charge is 0.200 e. The summed E-state index contributed by atoms with van der Waals surface area (Å²) in [5.41, 5.74) is 4.16. The van der Waals surface area contributed by atoms with Crippen molar-refractivity contribution in [2.24, 2.45) is 10.9 Å². The quantitative estimate of drug-likeness (QED) is 0.167. The second-order valence-corrected chi connectivity index (χ2v) is 3.84. The van der Waals surface area contributed by atoms with E-state index < -0.39 is 34.8 Å². The van der Waals surface area contributed by atoms with E-state index in [2.05, 4.69) is 5.16 Å². The molecule has 0 saturated heterocycles. The Morgan fingerprint density at radius 1 is 1.05 bits per heavy atom. The molecule has 0 aliphatic heterocycles. The summed E-state index contributed by atoms with van der Waals surface area (Å²) in [4.78, 5) is 0.911. The molecule has 0 saturated carbocycles. The van der Waals surface area contributed by atoms with Crippen LogP contribution in [0.2, 0.25) is 0 Å². The first kappa shape index (κ1) is 16.0. The van der Waals surface area contributed by atoms with Crippen LogP contribution in [-0.4, -0.2) is 24.1 Å². The van der Waals surface area contributed by atoms with Gasteiger partial charge in [0.1, 0.15) is 11.5 Å². The fraction of sp³-hybridized carbons (Fsp3) is 0.364. The molecule has 1 aromatic rings. The van der Waals surface area contributed by atoms with Crippen molar-refractivity contribution < 1.29 is 27.2 Å². The van der Waals surface area contributed by atoms with Crippen LogP contribution in [0.25, 0.3) is 0 Å². The van der Waals surface area contributed by atoms with Crippen LogP contribution in [0.15, 0.2) is 5.16 Å². The Bertz CT molecular complexity index is 506. The van der Waals surface area contributed by atoms with E-state index in [1.165, 1.54) is 6.92 Å². The van der Waals surface area contributed by atoms with E-state index >= 15 is 0 Å². The maximum Gasteiger partial charge on any atom is 0.200 e. The molecule has 0 aromatic heterocycles. The van der Waals surface area contributed by atoms with Crippen molar-refractivity contribution >= 4 is 11.5 Å². The predicted octanol–water partition coefficient (Wildman–Crippen LogP) is 2.34. The topological polar surface area (TPSA) is 61.8 Å². The summed E-state index contributed by atoms with van der Waals surface area (Å²) in [5.74, 6) is -10.3. The number of anilines is 1. The van der Waals surface area contributed by atoms with Gasteiger partial charge in [-0.05, 0) is 6.92 Å². The lowest BCUT2D eigenvalue weighted by Gasteiger charge is -2.24. The summed E-state index contributed by atoms with van der Waals surface area (Å²) in [5, 5.41) is 11.0. The lowest BCUT2D eigenvalue weighted by atomic mass is 10.2. The van der Waals surface area contributed by atoms with Crippen molar-refractivity contribution in [3.8, 4) is 0 Å². The minimum Gasteiger partial charge on any atom is -0.409 e. The van der Waals surface area contributed by atoms with Gasteiger partial charge in [-0.2, -0.15) is 0 Å². The fourth-order valence-corrected chi connectivity index (χ4v) is 1.60. The van der Waals surface area contributed by atoms with Crippen molar-refractivity contribution in [2.45, 2.75) is 13.3 Å². The Morgan fingerprint density at radius 3 is 1.90 bits per heavy atom. The van der Waals surface area contributed by atoms with E-state index in [9.17, 15) is 22.0 Å². The molecule has 1 aromatic carbocycles. The van der Waals surface area contributed by atoms with Gasteiger partial charge in [-0.25, -0.2) is 22.0 Å². The largest absolute Gasteiger partial charge is 0.409 e. The van der Waals surface area contributed by atoms with Crippen LogP contribution in [0.1, 0.15) is 13.3 Å². The van der Waals surface area contributed by atoms with Crippen molar-refractivity contribution in [2.75, 3.05) is 18.0 Å². The number of oxime groups is 1. The summed E-state index contributed by atoms with van der Waals surface area (Å²) < 4.78 is 66.2. The van der Waals surface area contributed by atoms with Gasteiger partial charge in [-0.3, -0.25) is 0 Å². The van der Waals surface area contributed by atoms with E-state index in [0.29, 0.717) is 0 Å². The van der Waals surface area contributed by atoms with Crippen LogP contribution in [0.4, 0.5) is 27.6 Å². The molecule has 0 amide bonds. The number of benzene rings is 1. The van der Waals surface area contributed by atoms with Crippen LogP contribution in [0.3, 0.4) is 0 Å². The summed E-state index contributed by atoms with van der Waals surface area (Å²) in [6.07, 6.45) is -0.107. The lowest BCUT2D eigenvalue weighted by molar-refractivity contribution is 0.317. The number of nitrogens with zero attached hydrogens (tertiary/aromatic N) is 2. The highest BCUT2D eigenvalue weighted by Crippen LogP contribution is 2.30. The minimum absolute atomic E-state index is 0.0307. The van der Waals surface area contributed by atoms with Gasteiger partial charge in [0.2, 0.25) is 5.82 Å². The fourth-order valence-electron chi connectivity index (χ4n) is 1.60. The molecule has 0 aliphatic carbocycles. The standard InChI is InChI=1S/C11H12F5N3O/c1-2-19(4-3-5(17)18-20)11-9(15)7(13)6(12)8(14)10(11)16/h20H,2-4H2,1H3,(H2,17,18). The second-order valence-electron chi connectivity index (χ2n) is 3.84. The van der Waals surface area contributed by atoms with Gasteiger partial charge >= 0.3 is 0 Å². The monoisotopic (exact) mass is 297 g/mol. The van der Waals surface area contributed by atoms with Crippen LogP contribution in [0, 0.1) is 29.1 Å². The third kappa shape index (κ3) is 2.91. The van der Waals surface area contributed by atoms with Crippen molar-refractivity contribution in [1.29, 1.82) is 0 Å². The van der Waals surface area contributed by atoms with Gasteiger partial charge in [-0.15, -0.1) is 0 Å². The summed E-state index contributed by atoms with van der Waals surface area (Å²) in [7, 11) is 0. The zero-order valence-electron chi connectivity index (χ0n) is 10.4. The van der Waals surface area contributed by atoms with E-state index in [1.807, 2.05) is 0 Å². The van der Waals surface area contributed by atoms with Gasteiger partial charge in [0, 0.05) is 19.5 Å². The Balaban J connectivity index is 3.22. The molecular weight excluding hydrogens is 285 g/mol. The third-order valence-corrected chi connectivity index (χ3v) is 2.65. The molecule has 0 fully saturated rings. The molecule has 0 unspecified atom stereocenters. The number of rotatable bonds is 5. The number of amidine groups is 1. The maximum atomic E-state index is 13.6. The minimum atomic E-state index is -2.21. The maximum absolute atomic E-state index is 13.6. The highest BCUT2D eigenvalue weighted by Gasteiger charge is 2.28. The summed E-state index contributed by atoms with van der Waals surface area (Å²) in [6, 6.07) is 0. The number of hydrogen-bond acceptors (Lipinski definition) is 3. The molecule has 0 bridgehead atoms. The Morgan fingerprint density at radius 2 is 1.50 bits per heavy atom. The normalized spacial score (nSPS) is 11.8. The van der Waals surface area contributed by atoms with Crippen molar-refractivity contribution in [3.63, 3.8) is 0 Å². The van der Waals surface area contributed by atoms with Gasteiger partial charge in [0.05, 0.1) is 0 Å². The molecule has 0 atom stereocenters. The van der Waals surface area contributed by atoms with E-state index in [0.717, 1.165) is 4.90 Å². The highest BCUT2D eigenvalue weighted by molar-refractivity contribution is 5.80. The van der Waals surface area contributed by atoms with E-state index in [-0.39, 0.29) is 25.3 Å². The molecular formula is C11H12F5N3O. The first-order chi connectivity index (χ1) is 9.34. The van der Waals surface area contributed by atoms with Crippen LogP contribution >= 0.6 is 0 Å². The van der Waals surface area contributed by atoms with E-state index in [1.54, 1.807) is 0 Å². The lowest BCUT2D eigenvalue weighted by Crippen LogP contribution is -2.30. The summed E-state index contributed by atoms with van der Waals surface area (Å²) in [6.45, 7) is 1.26. The van der Waals surface area contributed by atoms with Crippen LogP contribution < -0.4 is 10.6 Å². The average molecular weight is 297 g/mol. The van der Waals surface area contributed by atoms with Crippen LogP contribution in [-0.2, 0) is 0 Å². The zero-order chi connectivity index (χ0) is 15.4. The highest BCUT2D eigenvalue weighted by atomic mass is 19.2. The second kappa shape index (κ2) is 6.40. The van der Waals surface area contributed by atoms with Crippen LogP contribution in [0.5, 0.6) is 0 Å². The predicted molar refractivity (Wildman–Crippen MR) is 62.1 cm³/mol.